The van der Waals surface area contributed by atoms with E-state index >= 15 is 0 Å². The van der Waals surface area contributed by atoms with Gasteiger partial charge in [-0.05, 0) is 24.8 Å². The van der Waals surface area contributed by atoms with Crippen LogP contribution >= 0.6 is 0 Å². The third kappa shape index (κ3) is 3.90. The number of carboxylic acid groups (broad SMARTS) is 1. The van der Waals surface area contributed by atoms with E-state index in [1.54, 1.807) is 4.68 Å². The highest BCUT2D eigenvalue weighted by molar-refractivity contribution is 5.89. The molecule has 1 saturated heterocycles. The van der Waals surface area contributed by atoms with Crippen LogP contribution in [0.15, 0.2) is 36.5 Å². The molecular formula is C17H20N2O4. The van der Waals surface area contributed by atoms with Crippen molar-refractivity contribution >= 4 is 5.97 Å². The molecule has 23 heavy (non-hydrogen) atoms. The molecule has 1 atom stereocenters. The number of rotatable bonds is 6. The summed E-state index contributed by atoms with van der Waals surface area (Å²) in [5.41, 5.74) is 1.21. The fourth-order valence-electron chi connectivity index (χ4n) is 2.62. The van der Waals surface area contributed by atoms with Crippen LogP contribution < -0.4 is 4.74 Å². The van der Waals surface area contributed by atoms with Gasteiger partial charge in [0.2, 0.25) is 5.88 Å². The highest BCUT2D eigenvalue weighted by Gasteiger charge is 2.23. The summed E-state index contributed by atoms with van der Waals surface area (Å²) >= 11 is 0. The molecular weight excluding hydrogens is 296 g/mol. The summed E-state index contributed by atoms with van der Waals surface area (Å²) in [6.45, 7) is 1.06. The molecule has 0 bridgehead atoms. The highest BCUT2D eigenvalue weighted by atomic mass is 16.5. The van der Waals surface area contributed by atoms with E-state index in [0.29, 0.717) is 19.6 Å². The first-order valence-corrected chi connectivity index (χ1v) is 7.85. The molecule has 1 aliphatic rings. The number of benzene rings is 1. The minimum Gasteiger partial charge on any atom is -0.477 e. The first kappa shape index (κ1) is 15.6. The summed E-state index contributed by atoms with van der Waals surface area (Å²) in [7, 11) is 0. The molecule has 1 aromatic carbocycles. The molecule has 1 aromatic heterocycles. The second-order valence-corrected chi connectivity index (χ2v) is 5.54. The smallest absolute Gasteiger partial charge is 0.342 e. The van der Waals surface area contributed by atoms with Crippen LogP contribution in [0.4, 0.5) is 0 Å². The van der Waals surface area contributed by atoms with Crippen LogP contribution in [-0.4, -0.2) is 34.1 Å². The molecule has 6 nitrogen and oxygen atoms in total. The van der Waals surface area contributed by atoms with Crippen molar-refractivity contribution in [1.29, 1.82) is 0 Å². The lowest BCUT2D eigenvalue weighted by Gasteiger charge is -2.22. The van der Waals surface area contributed by atoms with Crippen molar-refractivity contribution in [3.63, 3.8) is 0 Å². The van der Waals surface area contributed by atoms with Crippen molar-refractivity contribution in [1.82, 2.24) is 9.78 Å². The van der Waals surface area contributed by atoms with E-state index in [4.69, 9.17) is 9.47 Å². The summed E-state index contributed by atoms with van der Waals surface area (Å²) in [5, 5.41) is 13.6. The summed E-state index contributed by atoms with van der Waals surface area (Å²) < 4.78 is 12.8. The lowest BCUT2D eigenvalue weighted by atomic mass is 10.2. The molecule has 1 fully saturated rings. The number of aromatic nitrogens is 2. The Balaban J connectivity index is 1.67. The monoisotopic (exact) mass is 316 g/mol. The van der Waals surface area contributed by atoms with Gasteiger partial charge in [-0.2, -0.15) is 0 Å². The number of aromatic carboxylic acids is 1. The van der Waals surface area contributed by atoms with E-state index in [9.17, 15) is 9.90 Å². The largest absolute Gasteiger partial charge is 0.477 e. The van der Waals surface area contributed by atoms with Crippen molar-refractivity contribution in [3.8, 4) is 5.88 Å². The SMILES string of the molecule is O=C(O)c1cn(C2CCCCO2)nc1OCCc1ccccc1. The van der Waals surface area contributed by atoms with E-state index in [-0.39, 0.29) is 17.7 Å². The molecule has 3 rings (SSSR count). The average molecular weight is 316 g/mol. The zero-order chi connectivity index (χ0) is 16.1. The van der Waals surface area contributed by atoms with Gasteiger partial charge in [-0.3, -0.25) is 0 Å². The van der Waals surface area contributed by atoms with Crippen molar-refractivity contribution in [3.05, 3.63) is 47.7 Å². The Bertz CT molecular complexity index is 648. The Hall–Kier alpha value is -2.34. The Morgan fingerprint density at radius 2 is 2.17 bits per heavy atom. The van der Waals surface area contributed by atoms with E-state index in [1.165, 1.54) is 6.20 Å². The summed E-state index contributed by atoms with van der Waals surface area (Å²) in [6.07, 6.45) is 4.92. The molecule has 1 unspecified atom stereocenters. The van der Waals surface area contributed by atoms with Crippen LogP contribution in [-0.2, 0) is 11.2 Å². The minimum absolute atomic E-state index is 0.0761. The van der Waals surface area contributed by atoms with Crippen LogP contribution in [0.5, 0.6) is 5.88 Å². The van der Waals surface area contributed by atoms with Gasteiger partial charge in [-0.1, -0.05) is 30.3 Å². The molecule has 2 aromatic rings. The molecule has 2 heterocycles. The molecule has 1 aliphatic heterocycles. The standard InChI is InChI=1S/C17H20N2O4/c20-17(21)14-12-19(15-8-4-5-10-22-15)18-16(14)23-11-9-13-6-2-1-3-7-13/h1-3,6-7,12,15H,4-5,8-11H2,(H,20,21). The molecule has 122 valence electrons. The number of hydrogen-bond acceptors (Lipinski definition) is 4. The zero-order valence-electron chi connectivity index (χ0n) is 12.9. The number of carboxylic acids is 1. The summed E-state index contributed by atoms with van der Waals surface area (Å²) in [4.78, 5) is 11.4. The van der Waals surface area contributed by atoms with E-state index < -0.39 is 5.97 Å². The molecule has 0 saturated carbocycles. The number of carbonyl (C=O) groups is 1. The highest BCUT2D eigenvalue weighted by Crippen LogP contribution is 2.25. The van der Waals surface area contributed by atoms with Gasteiger partial charge in [-0.25, -0.2) is 9.48 Å². The van der Waals surface area contributed by atoms with Crippen LogP contribution in [0.1, 0.15) is 41.4 Å². The molecule has 6 heteroatoms. The maximum Gasteiger partial charge on any atom is 0.342 e. The van der Waals surface area contributed by atoms with Gasteiger partial charge >= 0.3 is 5.97 Å². The van der Waals surface area contributed by atoms with Crippen LogP contribution in [0.2, 0.25) is 0 Å². The van der Waals surface area contributed by atoms with Crippen molar-refractivity contribution < 1.29 is 19.4 Å². The third-order valence-corrected chi connectivity index (χ3v) is 3.85. The predicted octanol–water partition coefficient (Wildman–Crippen LogP) is 2.90. The maximum atomic E-state index is 11.4. The lowest BCUT2D eigenvalue weighted by Crippen LogP contribution is -2.18. The van der Waals surface area contributed by atoms with Crippen molar-refractivity contribution in [2.75, 3.05) is 13.2 Å². The van der Waals surface area contributed by atoms with E-state index in [2.05, 4.69) is 5.10 Å². The van der Waals surface area contributed by atoms with Gasteiger partial charge in [0.15, 0.2) is 0 Å². The zero-order valence-corrected chi connectivity index (χ0v) is 12.9. The second-order valence-electron chi connectivity index (χ2n) is 5.54. The Labute approximate surface area is 134 Å². The maximum absolute atomic E-state index is 11.4. The number of nitrogens with zero attached hydrogens (tertiary/aromatic N) is 2. The number of ether oxygens (including phenoxy) is 2. The topological polar surface area (TPSA) is 73.6 Å². The van der Waals surface area contributed by atoms with Crippen molar-refractivity contribution in [2.45, 2.75) is 31.9 Å². The van der Waals surface area contributed by atoms with Gasteiger partial charge in [0.05, 0.1) is 6.61 Å². The molecule has 1 N–H and O–H groups in total. The Morgan fingerprint density at radius 3 is 2.87 bits per heavy atom. The average Bonchev–Trinajstić information content (AvgIpc) is 3.01. The predicted molar refractivity (Wildman–Crippen MR) is 83.7 cm³/mol. The molecule has 0 aliphatic carbocycles. The Morgan fingerprint density at radius 1 is 1.35 bits per heavy atom. The quantitative estimate of drug-likeness (QED) is 0.887. The van der Waals surface area contributed by atoms with E-state index in [1.807, 2.05) is 30.3 Å². The van der Waals surface area contributed by atoms with Gasteiger partial charge in [0.25, 0.3) is 0 Å². The van der Waals surface area contributed by atoms with Crippen LogP contribution in [0, 0.1) is 0 Å². The molecule has 0 radical (unpaired) electrons. The van der Waals surface area contributed by atoms with E-state index in [0.717, 1.165) is 24.8 Å². The van der Waals surface area contributed by atoms with Gasteiger partial charge in [-0.15, -0.1) is 5.10 Å². The lowest BCUT2D eigenvalue weighted by molar-refractivity contribution is -0.0400. The van der Waals surface area contributed by atoms with Gasteiger partial charge in [0, 0.05) is 19.2 Å². The van der Waals surface area contributed by atoms with Gasteiger partial charge in [0.1, 0.15) is 11.8 Å². The normalized spacial score (nSPS) is 17.8. The summed E-state index contributed by atoms with van der Waals surface area (Å²) in [6, 6.07) is 9.91. The fourth-order valence-corrected chi connectivity index (χ4v) is 2.62. The van der Waals surface area contributed by atoms with Crippen LogP contribution in [0.25, 0.3) is 0 Å². The fraction of sp³-hybridized carbons (Fsp3) is 0.412. The third-order valence-electron chi connectivity index (χ3n) is 3.85. The number of hydrogen-bond donors (Lipinski definition) is 1. The van der Waals surface area contributed by atoms with Crippen LogP contribution in [0.3, 0.4) is 0 Å². The summed E-state index contributed by atoms with van der Waals surface area (Å²) in [5.74, 6) is -0.885. The molecule has 0 amide bonds. The molecule has 0 spiro atoms. The first-order chi connectivity index (χ1) is 11.2. The second kappa shape index (κ2) is 7.28. The Kier molecular flexibility index (Phi) is 4.92. The van der Waals surface area contributed by atoms with Gasteiger partial charge < -0.3 is 14.6 Å². The van der Waals surface area contributed by atoms with Crippen molar-refractivity contribution in [2.24, 2.45) is 0 Å². The first-order valence-electron chi connectivity index (χ1n) is 7.85. The minimum atomic E-state index is -1.04.